The van der Waals surface area contributed by atoms with E-state index in [0.29, 0.717) is 17.7 Å². The zero-order valence-electron chi connectivity index (χ0n) is 11.3. The van der Waals surface area contributed by atoms with Crippen molar-refractivity contribution >= 4 is 21.6 Å². The molecule has 0 aromatic heterocycles. The summed E-state index contributed by atoms with van der Waals surface area (Å²) in [6, 6.07) is 10.3. The highest BCUT2D eigenvalue weighted by Gasteiger charge is 2.07. The molecule has 0 spiro atoms. The average molecular weight is 333 g/mol. The normalized spacial score (nSPS) is 10.2. The van der Waals surface area contributed by atoms with Crippen LogP contribution in [-0.2, 0) is 6.54 Å². The topological polar surface area (TPSA) is 35.8 Å². The minimum atomic E-state index is -0.329. The number of hydrogen-bond donors (Lipinski definition) is 1. The Morgan fingerprint density at radius 2 is 1.85 bits per heavy atom. The molecule has 0 fully saturated rings. The SMILES string of the molecule is Cc1cc(Br)cc(C)c1NCc1cc(F)ccc1C#N. The van der Waals surface area contributed by atoms with Crippen LogP contribution < -0.4 is 5.32 Å². The highest BCUT2D eigenvalue weighted by molar-refractivity contribution is 9.10. The number of nitrogens with one attached hydrogen (secondary N) is 1. The molecular formula is C16H14BrFN2. The van der Waals surface area contributed by atoms with E-state index < -0.39 is 0 Å². The summed E-state index contributed by atoms with van der Waals surface area (Å²) in [5.41, 5.74) is 4.38. The molecule has 0 saturated carbocycles. The van der Waals surface area contributed by atoms with Crippen molar-refractivity contribution in [3.8, 4) is 6.07 Å². The van der Waals surface area contributed by atoms with E-state index in [0.717, 1.165) is 21.3 Å². The van der Waals surface area contributed by atoms with Crippen LogP contribution in [0.2, 0.25) is 0 Å². The monoisotopic (exact) mass is 332 g/mol. The zero-order chi connectivity index (χ0) is 14.7. The van der Waals surface area contributed by atoms with E-state index >= 15 is 0 Å². The highest BCUT2D eigenvalue weighted by Crippen LogP contribution is 2.26. The Kier molecular flexibility index (Phi) is 4.41. The lowest BCUT2D eigenvalue weighted by molar-refractivity contribution is 0.625. The number of rotatable bonds is 3. The van der Waals surface area contributed by atoms with Gasteiger partial charge in [0.05, 0.1) is 11.6 Å². The largest absolute Gasteiger partial charge is 0.380 e. The van der Waals surface area contributed by atoms with E-state index in [1.165, 1.54) is 18.2 Å². The van der Waals surface area contributed by atoms with Crippen molar-refractivity contribution in [3.05, 3.63) is 62.9 Å². The second-order valence-corrected chi connectivity index (χ2v) is 5.60. The first kappa shape index (κ1) is 14.5. The maximum Gasteiger partial charge on any atom is 0.123 e. The maximum atomic E-state index is 13.3. The molecule has 4 heteroatoms. The van der Waals surface area contributed by atoms with Crippen LogP contribution in [0.4, 0.5) is 10.1 Å². The fourth-order valence-electron chi connectivity index (χ4n) is 2.19. The van der Waals surface area contributed by atoms with Crippen LogP contribution in [0.15, 0.2) is 34.8 Å². The number of hydrogen-bond acceptors (Lipinski definition) is 2. The van der Waals surface area contributed by atoms with Crippen LogP contribution >= 0.6 is 15.9 Å². The van der Waals surface area contributed by atoms with Gasteiger partial charge in [-0.05, 0) is 60.9 Å². The van der Waals surface area contributed by atoms with Gasteiger partial charge in [0.1, 0.15) is 5.82 Å². The Bertz CT molecular complexity index is 666. The molecule has 2 aromatic carbocycles. The van der Waals surface area contributed by atoms with Crippen molar-refractivity contribution in [2.75, 3.05) is 5.32 Å². The van der Waals surface area contributed by atoms with Crippen LogP contribution in [0.25, 0.3) is 0 Å². The Balaban J connectivity index is 2.26. The van der Waals surface area contributed by atoms with Crippen LogP contribution in [0.5, 0.6) is 0 Å². The molecule has 2 rings (SSSR count). The summed E-state index contributed by atoms with van der Waals surface area (Å²) in [5, 5.41) is 12.3. The Labute approximate surface area is 126 Å². The van der Waals surface area contributed by atoms with E-state index in [1.807, 2.05) is 26.0 Å². The molecule has 102 valence electrons. The van der Waals surface area contributed by atoms with Gasteiger partial charge in [0.25, 0.3) is 0 Å². The fraction of sp³-hybridized carbons (Fsp3) is 0.188. The zero-order valence-corrected chi connectivity index (χ0v) is 12.9. The van der Waals surface area contributed by atoms with Crippen molar-refractivity contribution < 1.29 is 4.39 Å². The second kappa shape index (κ2) is 6.06. The predicted molar refractivity (Wildman–Crippen MR) is 82.1 cm³/mol. The fourth-order valence-corrected chi connectivity index (χ4v) is 2.88. The van der Waals surface area contributed by atoms with Crippen LogP contribution in [0.1, 0.15) is 22.3 Å². The van der Waals surface area contributed by atoms with Gasteiger partial charge < -0.3 is 5.32 Å². The molecule has 2 nitrogen and oxygen atoms in total. The van der Waals surface area contributed by atoms with Gasteiger partial charge in [0, 0.05) is 16.7 Å². The molecule has 1 N–H and O–H groups in total. The summed E-state index contributed by atoms with van der Waals surface area (Å²) in [7, 11) is 0. The van der Waals surface area contributed by atoms with Crippen molar-refractivity contribution in [1.29, 1.82) is 5.26 Å². The third-order valence-corrected chi connectivity index (χ3v) is 3.60. The molecule has 0 bridgehead atoms. The summed E-state index contributed by atoms with van der Waals surface area (Å²) in [4.78, 5) is 0. The second-order valence-electron chi connectivity index (χ2n) is 4.68. The predicted octanol–water partition coefficient (Wildman–Crippen LogP) is 4.69. The first-order valence-electron chi connectivity index (χ1n) is 6.20. The van der Waals surface area contributed by atoms with Crippen molar-refractivity contribution in [1.82, 2.24) is 0 Å². The van der Waals surface area contributed by atoms with Gasteiger partial charge in [-0.15, -0.1) is 0 Å². The van der Waals surface area contributed by atoms with Gasteiger partial charge in [-0.25, -0.2) is 4.39 Å². The summed E-state index contributed by atoms with van der Waals surface area (Å²) >= 11 is 3.46. The van der Waals surface area contributed by atoms with Crippen LogP contribution in [0, 0.1) is 31.0 Å². The molecule has 0 aliphatic carbocycles. The van der Waals surface area contributed by atoms with Gasteiger partial charge in [0.2, 0.25) is 0 Å². The highest BCUT2D eigenvalue weighted by atomic mass is 79.9. The standard InChI is InChI=1S/C16H14BrFN2/c1-10-5-14(17)6-11(2)16(10)20-9-13-7-15(18)4-3-12(13)8-19/h3-7,20H,9H2,1-2H3. The summed E-state index contributed by atoms with van der Waals surface area (Å²) < 4.78 is 14.3. The minimum absolute atomic E-state index is 0.329. The molecule has 0 saturated heterocycles. The molecule has 0 atom stereocenters. The molecule has 0 unspecified atom stereocenters. The van der Waals surface area contributed by atoms with Gasteiger partial charge in [-0.2, -0.15) is 5.26 Å². The number of nitriles is 1. The molecule has 20 heavy (non-hydrogen) atoms. The number of anilines is 1. The third-order valence-electron chi connectivity index (χ3n) is 3.14. The number of halogens is 2. The molecular weight excluding hydrogens is 319 g/mol. The van der Waals surface area contributed by atoms with Crippen molar-refractivity contribution in [2.24, 2.45) is 0 Å². The first-order valence-corrected chi connectivity index (χ1v) is 6.99. The van der Waals surface area contributed by atoms with Gasteiger partial charge in [0.15, 0.2) is 0 Å². The molecule has 0 aliphatic rings. The molecule has 0 aliphatic heterocycles. The van der Waals surface area contributed by atoms with E-state index in [2.05, 4.69) is 27.3 Å². The molecule has 0 heterocycles. The van der Waals surface area contributed by atoms with Crippen molar-refractivity contribution in [2.45, 2.75) is 20.4 Å². The van der Waals surface area contributed by atoms with E-state index in [1.54, 1.807) is 0 Å². The van der Waals surface area contributed by atoms with E-state index in [-0.39, 0.29) is 5.82 Å². The number of aryl methyl sites for hydroxylation is 2. The Morgan fingerprint density at radius 1 is 1.20 bits per heavy atom. The van der Waals surface area contributed by atoms with E-state index in [4.69, 9.17) is 5.26 Å². The molecule has 2 aromatic rings. The molecule has 0 amide bonds. The maximum absolute atomic E-state index is 13.3. The quantitative estimate of drug-likeness (QED) is 0.885. The summed E-state index contributed by atoms with van der Waals surface area (Å²) in [5.74, 6) is -0.329. The smallest absolute Gasteiger partial charge is 0.123 e. The van der Waals surface area contributed by atoms with E-state index in [9.17, 15) is 4.39 Å². The van der Waals surface area contributed by atoms with Crippen LogP contribution in [-0.4, -0.2) is 0 Å². The first-order chi connectivity index (χ1) is 9.51. The Hall–Kier alpha value is -1.86. The summed E-state index contributed by atoms with van der Waals surface area (Å²) in [6.45, 7) is 4.44. The lowest BCUT2D eigenvalue weighted by Crippen LogP contribution is -2.05. The van der Waals surface area contributed by atoms with Gasteiger partial charge in [-0.1, -0.05) is 15.9 Å². The molecule has 0 radical (unpaired) electrons. The third kappa shape index (κ3) is 3.17. The lowest BCUT2D eigenvalue weighted by atomic mass is 10.1. The summed E-state index contributed by atoms with van der Waals surface area (Å²) in [6.07, 6.45) is 0. The van der Waals surface area contributed by atoms with Gasteiger partial charge >= 0.3 is 0 Å². The number of benzene rings is 2. The Morgan fingerprint density at radius 3 is 2.45 bits per heavy atom. The van der Waals surface area contributed by atoms with Gasteiger partial charge in [-0.3, -0.25) is 0 Å². The van der Waals surface area contributed by atoms with Crippen LogP contribution in [0.3, 0.4) is 0 Å². The minimum Gasteiger partial charge on any atom is -0.380 e. The number of nitrogens with zero attached hydrogens (tertiary/aromatic N) is 1. The lowest BCUT2D eigenvalue weighted by Gasteiger charge is -2.14. The average Bonchev–Trinajstić information content (AvgIpc) is 2.37. The van der Waals surface area contributed by atoms with Crippen molar-refractivity contribution in [3.63, 3.8) is 0 Å².